The van der Waals surface area contributed by atoms with Crippen molar-refractivity contribution in [1.29, 1.82) is 0 Å². The highest BCUT2D eigenvalue weighted by Crippen LogP contribution is 2.29. The van der Waals surface area contributed by atoms with Crippen LogP contribution in [0.2, 0.25) is 20.1 Å². The van der Waals surface area contributed by atoms with Crippen LogP contribution in [0.4, 0.5) is 0 Å². The molecule has 0 amide bonds. The number of nitrogens with zero attached hydrogens (tertiary/aromatic N) is 2. The van der Waals surface area contributed by atoms with Crippen LogP contribution in [0.25, 0.3) is 11.0 Å². The number of para-hydroxylation sites is 2. The van der Waals surface area contributed by atoms with Crippen LogP contribution in [-0.4, -0.2) is 22.1 Å². The van der Waals surface area contributed by atoms with Gasteiger partial charge in [-0.15, -0.1) is 0 Å². The van der Waals surface area contributed by atoms with Crippen LogP contribution >= 0.6 is 46.4 Å². The van der Waals surface area contributed by atoms with E-state index in [1.807, 2.05) is 18.2 Å². The van der Waals surface area contributed by atoms with E-state index in [4.69, 9.17) is 55.9 Å². The molecule has 5 nitrogen and oxygen atoms in total. The number of hydrogen-bond donors (Lipinski definition) is 0. The van der Waals surface area contributed by atoms with Gasteiger partial charge in [-0.2, -0.15) is 0 Å². The predicted octanol–water partition coefficient (Wildman–Crippen LogP) is 6.95. The lowest BCUT2D eigenvalue weighted by Crippen LogP contribution is -2.22. The normalized spacial score (nSPS) is 11.0. The molecule has 0 radical (unpaired) electrons. The van der Waals surface area contributed by atoms with E-state index >= 15 is 0 Å². The van der Waals surface area contributed by atoms with Crippen molar-refractivity contribution in [1.82, 2.24) is 9.55 Å². The van der Waals surface area contributed by atoms with Crippen molar-refractivity contribution in [2.45, 2.75) is 6.61 Å². The molecule has 0 unspecified atom stereocenters. The van der Waals surface area contributed by atoms with Gasteiger partial charge in [0, 0.05) is 10.0 Å². The highest BCUT2D eigenvalue weighted by molar-refractivity contribution is 6.36. The third-order valence-electron chi connectivity index (χ3n) is 4.38. The first-order valence-corrected chi connectivity index (χ1v) is 10.6. The maximum Gasteiger partial charge on any atom is 0.270 e. The van der Waals surface area contributed by atoms with Gasteiger partial charge in [-0.25, -0.2) is 4.98 Å². The maximum atomic E-state index is 13.0. The Morgan fingerprint density at radius 2 is 1.45 bits per heavy atom. The van der Waals surface area contributed by atoms with Crippen LogP contribution in [0.15, 0.2) is 60.7 Å². The number of halogens is 4. The largest absolute Gasteiger partial charge is 0.484 e. The minimum atomic E-state index is -0.333. The summed E-state index contributed by atoms with van der Waals surface area (Å²) in [6, 6.07) is 17.0. The second-order valence-electron chi connectivity index (χ2n) is 6.47. The first kappa shape index (κ1) is 21.8. The highest BCUT2D eigenvalue weighted by atomic mass is 35.5. The summed E-state index contributed by atoms with van der Waals surface area (Å²) in [5.74, 6) is 0.861. The summed E-state index contributed by atoms with van der Waals surface area (Å²) in [6.45, 7) is -0.236. The molecule has 0 saturated heterocycles. The molecule has 31 heavy (non-hydrogen) atoms. The number of rotatable bonds is 6. The number of carbonyl (C=O) groups is 1. The Hall–Kier alpha value is -2.44. The van der Waals surface area contributed by atoms with Crippen LogP contribution in [0.3, 0.4) is 0 Å². The number of carbonyl (C=O) groups excluding carboxylic acids is 1. The molecule has 0 bridgehead atoms. The summed E-state index contributed by atoms with van der Waals surface area (Å²) >= 11 is 24.1. The Morgan fingerprint density at radius 1 is 0.839 bits per heavy atom. The smallest absolute Gasteiger partial charge is 0.270 e. The standard InChI is InChI=1S/C22H14Cl4N2O3/c23-13-5-7-19(15(25)9-13)30-11-21-27-17-3-1-2-4-18(17)28(21)22(29)12-31-20-8-6-14(24)10-16(20)26/h1-10H,11-12H2. The molecule has 0 spiro atoms. The molecule has 3 aromatic carbocycles. The lowest BCUT2D eigenvalue weighted by atomic mass is 10.3. The Labute approximate surface area is 198 Å². The van der Waals surface area contributed by atoms with Crippen molar-refractivity contribution in [3.8, 4) is 11.5 Å². The molecule has 0 atom stereocenters. The molecule has 0 aliphatic heterocycles. The lowest BCUT2D eigenvalue weighted by Gasteiger charge is -2.12. The first-order valence-electron chi connectivity index (χ1n) is 9.07. The zero-order valence-electron chi connectivity index (χ0n) is 15.8. The predicted molar refractivity (Wildman–Crippen MR) is 123 cm³/mol. The summed E-state index contributed by atoms with van der Waals surface area (Å²) in [6.07, 6.45) is 0. The quantitative estimate of drug-likeness (QED) is 0.290. The summed E-state index contributed by atoms with van der Waals surface area (Å²) in [4.78, 5) is 17.6. The molecule has 0 N–H and O–H groups in total. The Kier molecular flexibility index (Phi) is 6.58. The van der Waals surface area contributed by atoms with Gasteiger partial charge in [0.25, 0.3) is 5.91 Å². The molecule has 0 saturated carbocycles. The van der Waals surface area contributed by atoms with Gasteiger partial charge in [-0.3, -0.25) is 9.36 Å². The highest BCUT2D eigenvalue weighted by Gasteiger charge is 2.19. The molecule has 158 valence electrons. The van der Waals surface area contributed by atoms with Crippen molar-refractivity contribution in [3.63, 3.8) is 0 Å². The molecule has 0 aliphatic carbocycles. The molecule has 4 rings (SSSR count). The fraction of sp³-hybridized carbons (Fsp3) is 0.0909. The maximum absolute atomic E-state index is 13.0. The number of imidazole rings is 1. The van der Waals surface area contributed by atoms with Gasteiger partial charge in [0.15, 0.2) is 12.4 Å². The monoisotopic (exact) mass is 494 g/mol. The van der Waals surface area contributed by atoms with E-state index in [0.717, 1.165) is 0 Å². The van der Waals surface area contributed by atoms with E-state index in [-0.39, 0.29) is 19.1 Å². The minimum absolute atomic E-state index is 0.0173. The van der Waals surface area contributed by atoms with Crippen molar-refractivity contribution in [3.05, 3.63) is 86.6 Å². The molecule has 9 heteroatoms. The van der Waals surface area contributed by atoms with E-state index in [1.54, 1.807) is 42.5 Å². The Bertz CT molecular complexity index is 1270. The molecule has 1 aromatic heterocycles. The van der Waals surface area contributed by atoms with Crippen LogP contribution in [0.5, 0.6) is 11.5 Å². The second-order valence-corrected chi connectivity index (χ2v) is 8.16. The number of benzene rings is 3. The van der Waals surface area contributed by atoms with Gasteiger partial charge < -0.3 is 9.47 Å². The van der Waals surface area contributed by atoms with Gasteiger partial charge in [0.1, 0.15) is 18.1 Å². The summed E-state index contributed by atoms with van der Waals surface area (Å²) in [5.41, 5.74) is 1.29. The van der Waals surface area contributed by atoms with Gasteiger partial charge in [0.2, 0.25) is 0 Å². The van der Waals surface area contributed by atoms with Crippen molar-refractivity contribution >= 4 is 63.3 Å². The SMILES string of the molecule is O=C(COc1ccc(Cl)cc1Cl)n1c(COc2ccc(Cl)cc2Cl)nc2ccccc21. The van der Waals surface area contributed by atoms with E-state index in [2.05, 4.69) is 4.98 Å². The van der Waals surface area contributed by atoms with E-state index in [0.29, 0.717) is 48.4 Å². The van der Waals surface area contributed by atoms with Crippen LogP contribution in [-0.2, 0) is 6.61 Å². The van der Waals surface area contributed by atoms with Crippen molar-refractivity contribution in [2.24, 2.45) is 0 Å². The van der Waals surface area contributed by atoms with E-state index < -0.39 is 0 Å². The van der Waals surface area contributed by atoms with Crippen molar-refractivity contribution < 1.29 is 14.3 Å². The topological polar surface area (TPSA) is 53.4 Å². The van der Waals surface area contributed by atoms with Crippen LogP contribution in [0, 0.1) is 0 Å². The summed E-state index contributed by atoms with van der Waals surface area (Å²) in [5, 5.41) is 1.65. The molecular weight excluding hydrogens is 482 g/mol. The van der Waals surface area contributed by atoms with E-state index in [1.165, 1.54) is 4.57 Å². The van der Waals surface area contributed by atoms with Gasteiger partial charge >= 0.3 is 0 Å². The molecule has 0 fully saturated rings. The third kappa shape index (κ3) is 4.91. The van der Waals surface area contributed by atoms with Gasteiger partial charge in [0.05, 0.1) is 21.1 Å². The zero-order valence-corrected chi connectivity index (χ0v) is 18.8. The minimum Gasteiger partial charge on any atom is -0.484 e. The molecule has 1 heterocycles. The number of fused-ring (bicyclic) bond motifs is 1. The number of ether oxygens (including phenoxy) is 2. The molecule has 4 aromatic rings. The average molecular weight is 496 g/mol. The number of aromatic nitrogens is 2. The molecular formula is C22H14Cl4N2O3. The fourth-order valence-electron chi connectivity index (χ4n) is 2.98. The number of hydrogen-bond acceptors (Lipinski definition) is 4. The summed E-state index contributed by atoms with van der Waals surface area (Å²) in [7, 11) is 0. The lowest BCUT2D eigenvalue weighted by molar-refractivity contribution is 0.0834. The van der Waals surface area contributed by atoms with Crippen LogP contribution < -0.4 is 9.47 Å². The Balaban J connectivity index is 1.59. The first-order chi connectivity index (χ1) is 14.9. The third-order valence-corrected chi connectivity index (χ3v) is 5.44. The average Bonchev–Trinajstić information content (AvgIpc) is 3.11. The second kappa shape index (κ2) is 9.37. The van der Waals surface area contributed by atoms with Crippen molar-refractivity contribution in [2.75, 3.05) is 6.61 Å². The van der Waals surface area contributed by atoms with Gasteiger partial charge in [-0.05, 0) is 48.5 Å². The summed E-state index contributed by atoms with van der Waals surface area (Å²) < 4.78 is 12.9. The Morgan fingerprint density at radius 3 is 2.10 bits per heavy atom. The fourth-order valence-corrected chi connectivity index (χ4v) is 3.91. The van der Waals surface area contributed by atoms with Crippen LogP contribution in [0.1, 0.15) is 10.6 Å². The van der Waals surface area contributed by atoms with E-state index in [9.17, 15) is 4.79 Å². The molecule has 0 aliphatic rings. The van der Waals surface area contributed by atoms with Gasteiger partial charge in [-0.1, -0.05) is 58.5 Å². The zero-order chi connectivity index (χ0) is 22.0.